The number of hydrogen-bond donors (Lipinski definition) is 1. The Labute approximate surface area is 164 Å². The molecule has 1 N–H and O–H groups in total. The Hall–Kier alpha value is -2.80. The molecular formula is C21H26FN3O3. The first-order valence-corrected chi connectivity index (χ1v) is 9.29. The van der Waals surface area contributed by atoms with Gasteiger partial charge in [-0.2, -0.15) is 0 Å². The third-order valence-corrected chi connectivity index (χ3v) is 4.87. The molecule has 2 amide bonds. The van der Waals surface area contributed by atoms with Crippen LogP contribution in [0.1, 0.15) is 11.1 Å². The summed E-state index contributed by atoms with van der Waals surface area (Å²) in [6, 6.07) is 11.9. The van der Waals surface area contributed by atoms with E-state index in [1.165, 1.54) is 12.1 Å². The molecule has 1 heterocycles. The van der Waals surface area contributed by atoms with Crippen LogP contribution in [0, 0.1) is 5.82 Å². The summed E-state index contributed by atoms with van der Waals surface area (Å²) in [5.74, 6) is 1.33. The number of methoxy groups -OCH3 is 2. The summed E-state index contributed by atoms with van der Waals surface area (Å²) in [7, 11) is 3.30. The Morgan fingerprint density at radius 3 is 2.54 bits per heavy atom. The highest BCUT2D eigenvalue weighted by atomic mass is 19.1. The highest BCUT2D eigenvalue weighted by Gasteiger charge is 2.22. The zero-order chi connectivity index (χ0) is 19.9. The Morgan fingerprint density at radius 2 is 1.86 bits per heavy atom. The summed E-state index contributed by atoms with van der Waals surface area (Å²) in [5.41, 5.74) is 1.81. The number of nitrogens with one attached hydrogen (secondary N) is 1. The largest absolute Gasteiger partial charge is 0.497 e. The number of amides is 2. The fraction of sp³-hybridized carbons (Fsp3) is 0.381. The summed E-state index contributed by atoms with van der Waals surface area (Å²) in [6.07, 6.45) is 0. The van der Waals surface area contributed by atoms with Crippen molar-refractivity contribution >= 4 is 6.03 Å². The van der Waals surface area contributed by atoms with Crippen LogP contribution in [0.25, 0.3) is 0 Å². The van der Waals surface area contributed by atoms with Crippen LogP contribution < -0.4 is 14.8 Å². The Kier molecular flexibility index (Phi) is 6.71. The number of urea groups is 1. The van der Waals surface area contributed by atoms with Gasteiger partial charge in [-0.15, -0.1) is 0 Å². The second-order valence-corrected chi connectivity index (χ2v) is 6.73. The Bertz CT molecular complexity index is 807. The van der Waals surface area contributed by atoms with E-state index in [2.05, 4.69) is 10.2 Å². The molecule has 0 bridgehead atoms. The van der Waals surface area contributed by atoms with E-state index < -0.39 is 0 Å². The molecule has 0 aromatic heterocycles. The van der Waals surface area contributed by atoms with Crippen molar-refractivity contribution in [1.82, 2.24) is 15.1 Å². The van der Waals surface area contributed by atoms with E-state index in [4.69, 9.17) is 9.47 Å². The molecule has 1 aliphatic rings. The number of carbonyl (C=O) groups is 1. The van der Waals surface area contributed by atoms with E-state index in [9.17, 15) is 9.18 Å². The summed E-state index contributed by atoms with van der Waals surface area (Å²) in [4.78, 5) is 16.4. The van der Waals surface area contributed by atoms with Gasteiger partial charge in [0.05, 0.1) is 14.2 Å². The molecule has 0 spiro atoms. The SMILES string of the molecule is COc1ccc(OC)c(CN2CCN(C(=O)NCc3cccc(F)c3)CC2)c1. The summed E-state index contributed by atoms with van der Waals surface area (Å²) in [5, 5.41) is 2.86. The Balaban J connectivity index is 1.49. The van der Waals surface area contributed by atoms with E-state index in [1.807, 2.05) is 18.2 Å². The zero-order valence-electron chi connectivity index (χ0n) is 16.3. The average molecular weight is 387 g/mol. The molecule has 0 atom stereocenters. The minimum atomic E-state index is -0.298. The van der Waals surface area contributed by atoms with Crippen molar-refractivity contribution in [3.63, 3.8) is 0 Å². The molecule has 0 radical (unpaired) electrons. The summed E-state index contributed by atoms with van der Waals surface area (Å²) in [6.45, 7) is 3.88. The number of benzene rings is 2. The van der Waals surface area contributed by atoms with Crippen molar-refractivity contribution in [1.29, 1.82) is 0 Å². The topological polar surface area (TPSA) is 54.0 Å². The van der Waals surface area contributed by atoms with Gasteiger partial charge < -0.3 is 19.7 Å². The predicted octanol–water partition coefficient (Wildman–Crippen LogP) is 2.87. The molecular weight excluding hydrogens is 361 g/mol. The van der Waals surface area contributed by atoms with E-state index in [0.29, 0.717) is 19.6 Å². The highest BCUT2D eigenvalue weighted by Crippen LogP contribution is 2.25. The average Bonchev–Trinajstić information content (AvgIpc) is 2.72. The number of halogens is 1. The lowest BCUT2D eigenvalue weighted by Crippen LogP contribution is -2.51. The minimum absolute atomic E-state index is 0.122. The van der Waals surface area contributed by atoms with Crippen LogP contribution in [-0.4, -0.2) is 56.2 Å². The van der Waals surface area contributed by atoms with Gasteiger partial charge in [0.2, 0.25) is 0 Å². The quantitative estimate of drug-likeness (QED) is 0.828. The normalized spacial score (nSPS) is 14.6. The lowest BCUT2D eigenvalue weighted by Gasteiger charge is -2.35. The van der Waals surface area contributed by atoms with Crippen molar-refractivity contribution in [3.8, 4) is 11.5 Å². The third kappa shape index (κ3) is 5.13. The van der Waals surface area contributed by atoms with Crippen LogP contribution in [0.2, 0.25) is 0 Å². The van der Waals surface area contributed by atoms with E-state index >= 15 is 0 Å². The molecule has 0 saturated carbocycles. The molecule has 6 nitrogen and oxygen atoms in total. The van der Waals surface area contributed by atoms with Crippen LogP contribution in [0.4, 0.5) is 9.18 Å². The van der Waals surface area contributed by atoms with E-state index in [-0.39, 0.29) is 11.8 Å². The van der Waals surface area contributed by atoms with Crippen LogP contribution in [0.15, 0.2) is 42.5 Å². The maximum Gasteiger partial charge on any atom is 0.317 e. The standard InChI is InChI=1S/C21H26FN3O3/c1-27-19-6-7-20(28-2)17(13-19)15-24-8-10-25(11-9-24)21(26)23-14-16-4-3-5-18(22)12-16/h3-7,12-13H,8-11,14-15H2,1-2H3,(H,23,26). The third-order valence-electron chi connectivity index (χ3n) is 4.87. The molecule has 150 valence electrons. The fourth-order valence-corrected chi connectivity index (χ4v) is 3.29. The van der Waals surface area contributed by atoms with Crippen molar-refractivity contribution < 1.29 is 18.7 Å². The predicted molar refractivity (Wildman–Crippen MR) is 105 cm³/mol. The van der Waals surface area contributed by atoms with Crippen LogP contribution in [-0.2, 0) is 13.1 Å². The molecule has 2 aromatic rings. The molecule has 7 heteroatoms. The van der Waals surface area contributed by atoms with E-state index in [1.54, 1.807) is 31.3 Å². The van der Waals surface area contributed by atoms with Crippen molar-refractivity contribution in [2.75, 3.05) is 40.4 Å². The van der Waals surface area contributed by atoms with Gasteiger partial charge in [0, 0.05) is 44.8 Å². The van der Waals surface area contributed by atoms with Gasteiger partial charge in [0.25, 0.3) is 0 Å². The minimum Gasteiger partial charge on any atom is -0.497 e. The van der Waals surface area contributed by atoms with Crippen LogP contribution in [0.5, 0.6) is 11.5 Å². The first-order chi connectivity index (χ1) is 13.6. The molecule has 3 rings (SSSR count). The smallest absolute Gasteiger partial charge is 0.317 e. The molecule has 1 aliphatic heterocycles. The fourth-order valence-electron chi connectivity index (χ4n) is 3.29. The van der Waals surface area contributed by atoms with Gasteiger partial charge in [0.1, 0.15) is 17.3 Å². The number of rotatable bonds is 6. The van der Waals surface area contributed by atoms with Gasteiger partial charge in [0.15, 0.2) is 0 Å². The number of piperazine rings is 1. The number of ether oxygens (including phenoxy) is 2. The molecule has 0 unspecified atom stereocenters. The van der Waals surface area contributed by atoms with Gasteiger partial charge in [-0.1, -0.05) is 12.1 Å². The summed E-state index contributed by atoms with van der Waals surface area (Å²) >= 11 is 0. The number of carbonyl (C=O) groups excluding carboxylic acids is 1. The van der Waals surface area contributed by atoms with Gasteiger partial charge >= 0.3 is 6.03 Å². The molecule has 28 heavy (non-hydrogen) atoms. The maximum atomic E-state index is 13.2. The van der Waals surface area contributed by atoms with Gasteiger partial charge in [-0.05, 0) is 35.9 Å². The molecule has 1 saturated heterocycles. The lowest BCUT2D eigenvalue weighted by molar-refractivity contribution is 0.134. The van der Waals surface area contributed by atoms with Crippen LogP contribution in [0.3, 0.4) is 0 Å². The van der Waals surface area contributed by atoms with Crippen molar-refractivity contribution in [3.05, 3.63) is 59.4 Å². The van der Waals surface area contributed by atoms with Gasteiger partial charge in [-0.25, -0.2) is 9.18 Å². The Morgan fingerprint density at radius 1 is 1.07 bits per heavy atom. The molecule has 2 aromatic carbocycles. The number of nitrogens with zero attached hydrogens (tertiary/aromatic N) is 2. The van der Waals surface area contributed by atoms with Crippen LogP contribution >= 0.6 is 0 Å². The summed E-state index contributed by atoms with van der Waals surface area (Å²) < 4.78 is 24.0. The molecule has 1 fully saturated rings. The lowest BCUT2D eigenvalue weighted by atomic mass is 10.1. The second-order valence-electron chi connectivity index (χ2n) is 6.73. The molecule has 0 aliphatic carbocycles. The monoisotopic (exact) mass is 387 g/mol. The zero-order valence-corrected chi connectivity index (χ0v) is 16.3. The maximum absolute atomic E-state index is 13.2. The first kappa shape index (κ1) is 19.9. The van der Waals surface area contributed by atoms with Gasteiger partial charge in [-0.3, -0.25) is 4.90 Å². The van der Waals surface area contributed by atoms with Crippen molar-refractivity contribution in [2.24, 2.45) is 0 Å². The number of hydrogen-bond acceptors (Lipinski definition) is 4. The van der Waals surface area contributed by atoms with Crippen molar-refractivity contribution in [2.45, 2.75) is 13.1 Å². The highest BCUT2D eigenvalue weighted by molar-refractivity contribution is 5.74. The first-order valence-electron chi connectivity index (χ1n) is 9.29. The van der Waals surface area contributed by atoms with E-state index in [0.717, 1.165) is 42.3 Å². The second kappa shape index (κ2) is 9.41.